The van der Waals surface area contributed by atoms with Crippen molar-refractivity contribution >= 4 is 34.5 Å². The largest absolute Gasteiger partial charge is 0.392 e. The smallest absolute Gasteiger partial charge is 0.264 e. The van der Waals surface area contributed by atoms with Gasteiger partial charge in [0.1, 0.15) is 0 Å². The number of rotatable bonds is 3. The average molecular weight is 311 g/mol. The molecule has 20 heavy (non-hydrogen) atoms. The first-order valence-corrected chi connectivity index (χ1v) is 8.02. The van der Waals surface area contributed by atoms with Crippen molar-refractivity contribution in [2.75, 3.05) is 26.2 Å². The first-order valence-electron chi connectivity index (χ1n) is 6.80. The summed E-state index contributed by atoms with van der Waals surface area (Å²) in [5.74, 6) is 0.147. The molecule has 1 amide bonds. The van der Waals surface area contributed by atoms with Crippen LogP contribution in [0.5, 0.6) is 0 Å². The minimum atomic E-state index is 0.105. The number of thiophene rings is 1. The minimum Gasteiger partial charge on any atom is -0.392 e. The summed E-state index contributed by atoms with van der Waals surface area (Å²) in [6.07, 6.45) is 0. The van der Waals surface area contributed by atoms with Gasteiger partial charge < -0.3 is 10.6 Å². The van der Waals surface area contributed by atoms with Gasteiger partial charge in [-0.15, -0.1) is 11.3 Å². The maximum absolute atomic E-state index is 12.4. The molecule has 1 saturated heterocycles. The second kappa shape index (κ2) is 6.20. The van der Waals surface area contributed by atoms with Crippen LogP contribution < -0.4 is 5.73 Å². The van der Waals surface area contributed by atoms with E-state index in [1.807, 2.05) is 24.8 Å². The van der Waals surface area contributed by atoms with E-state index in [0.29, 0.717) is 4.99 Å². The lowest BCUT2D eigenvalue weighted by Gasteiger charge is -2.37. The van der Waals surface area contributed by atoms with E-state index in [0.717, 1.165) is 31.1 Å². The van der Waals surface area contributed by atoms with Gasteiger partial charge in [-0.05, 0) is 32.4 Å². The monoisotopic (exact) mass is 311 g/mol. The molecule has 4 nitrogen and oxygen atoms in total. The molecule has 0 spiro atoms. The van der Waals surface area contributed by atoms with Crippen molar-refractivity contribution in [2.24, 2.45) is 5.73 Å². The van der Waals surface area contributed by atoms with Gasteiger partial charge >= 0.3 is 0 Å². The van der Waals surface area contributed by atoms with Gasteiger partial charge in [-0.3, -0.25) is 9.69 Å². The first kappa shape index (κ1) is 15.4. The van der Waals surface area contributed by atoms with E-state index >= 15 is 0 Å². The van der Waals surface area contributed by atoms with Crippen LogP contribution in [0.4, 0.5) is 0 Å². The molecule has 1 aromatic heterocycles. The Labute approximate surface area is 129 Å². The number of nitrogens with two attached hydrogens (primary N) is 1. The summed E-state index contributed by atoms with van der Waals surface area (Å²) in [5.41, 5.74) is 6.88. The van der Waals surface area contributed by atoms with Crippen LogP contribution in [0.3, 0.4) is 0 Å². The van der Waals surface area contributed by atoms with Crippen molar-refractivity contribution in [1.82, 2.24) is 9.80 Å². The maximum Gasteiger partial charge on any atom is 0.264 e. The van der Waals surface area contributed by atoms with Gasteiger partial charge in [0.25, 0.3) is 5.91 Å². The van der Waals surface area contributed by atoms with Gasteiger partial charge in [0.2, 0.25) is 0 Å². The minimum absolute atomic E-state index is 0.105. The normalized spacial score (nSPS) is 18.1. The van der Waals surface area contributed by atoms with Crippen LogP contribution in [-0.2, 0) is 0 Å². The zero-order valence-corrected chi connectivity index (χ0v) is 13.8. The van der Waals surface area contributed by atoms with Gasteiger partial charge in [-0.2, -0.15) is 0 Å². The molecule has 0 aromatic carbocycles. The van der Waals surface area contributed by atoms with E-state index in [1.54, 1.807) is 11.3 Å². The fraction of sp³-hybridized carbons (Fsp3) is 0.571. The Bertz CT molecular complexity index is 499. The van der Waals surface area contributed by atoms with Crippen LogP contribution in [-0.4, -0.2) is 52.9 Å². The summed E-state index contributed by atoms with van der Waals surface area (Å²) in [5, 5.41) is 0. The van der Waals surface area contributed by atoms with Gasteiger partial charge in [0.05, 0.1) is 15.9 Å². The lowest BCUT2D eigenvalue weighted by Crippen LogP contribution is -2.53. The van der Waals surface area contributed by atoms with E-state index in [2.05, 4.69) is 11.8 Å². The third-order valence-corrected chi connectivity index (χ3v) is 5.42. The third-order valence-electron chi connectivity index (χ3n) is 3.94. The van der Waals surface area contributed by atoms with Crippen molar-refractivity contribution in [3.8, 4) is 0 Å². The fourth-order valence-corrected chi connectivity index (χ4v) is 3.48. The average Bonchev–Trinajstić information content (AvgIpc) is 2.77. The lowest BCUT2D eigenvalue weighted by molar-refractivity contribution is 0.0626. The topological polar surface area (TPSA) is 49.6 Å². The van der Waals surface area contributed by atoms with Crippen molar-refractivity contribution in [1.29, 1.82) is 0 Å². The predicted molar refractivity (Wildman–Crippen MR) is 87.5 cm³/mol. The second-order valence-corrected chi connectivity index (χ2v) is 6.98. The van der Waals surface area contributed by atoms with Gasteiger partial charge in [0, 0.05) is 31.1 Å². The molecule has 1 aliphatic rings. The molecule has 1 atom stereocenters. The summed E-state index contributed by atoms with van der Waals surface area (Å²) in [6, 6.07) is 2.10. The van der Waals surface area contributed by atoms with Crippen molar-refractivity contribution in [2.45, 2.75) is 26.8 Å². The maximum atomic E-state index is 12.4. The van der Waals surface area contributed by atoms with Crippen LogP contribution in [0.1, 0.15) is 27.0 Å². The molecule has 110 valence electrons. The number of carbonyl (C=O) groups excluding carboxylic acids is 1. The number of aryl methyl sites for hydroxylation is 2. The summed E-state index contributed by atoms with van der Waals surface area (Å²) >= 11 is 6.61. The number of hydrogen-bond acceptors (Lipinski definition) is 4. The molecule has 1 fully saturated rings. The van der Waals surface area contributed by atoms with E-state index in [1.165, 1.54) is 10.4 Å². The fourth-order valence-electron chi connectivity index (χ4n) is 2.33. The highest BCUT2D eigenvalue weighted by Crippen LogP contribution is 2.22. The van der Waals surface area contributed by atoms with Crippen LogP contribution in [0, 0.1) is 13.8 Å². The number of hydrogen-bond donors (Lipinski definition) is 1. The SMILES string of the molecule is Cc1cc(C(=O)N2CCN(C(C)C(N)=S)CC2)sc1C. The van der Waals surface area contributed by atoms with Crippen LogP contribution >= 0.6 is 23.6 Å². The molecule has 0 radical (unpaired) electrons. The molecule has 1 aliphatic heterocycles. The zero-order chi connectivity index (χ0) is 14.9. The highest BCUT2D eigenvalue weighted by Gasteiger charge is 2.26. The molecule has 1 unspecified atom stereocenters. The zero-order valence-electron chi connectivity index (χ0n) is 12.2. The van der Waals surface area contributed by atoms with E-state index < -0.39 is 0 Å². The molecule has 0 aliphatic carbocycles. The number of nitrogens with zero attached hydrogens (tertiary/aromatic N) is 2. The standard InChI is InChI=1S/C14H21N3OS2/c1-9-8-12(20-11(9)3)14(18)17-6-4-16(5-7-17)10(2)13(15)19/h8,10H,4-7H2,1-3H3,(H2,15,19). The molecule has 1 aromatic rings. The summed E-state index contributed by atoms with van der Waals surface area (Å²) in [7, 11) is 0. The van der Waals surface area contributed by atoms with E-state index in [9.17, 15) is 4.79 Å². The molecule has 2 heterocycles. The number of carbonyl (C=O) groups is 1. The quantitative estimate of drug-likeness (QED) is 0.865. The predicted octanol–water partition coefficient (Wildman–Crippen LogP) is 1.80. The van der Waals surface area contributed by atoms with Gasteiger partial charge in [0.15, 0.2) is 0 Å². The van der Waals surface area contributed by atoms with Crippen LogP contribution in [0.15, 0.2) is 6.07 Å². The molecular weight excluding hydrogens is 290 g/mol. The summed E-state index contributed by atoms with van der Waals surface area (Å²) < 4.78 is 0. The number of amides is 1. The molecular formula is C14H21N3OS2. The highest BCUT2D eigenvalue weighted by molar-refractivity contribution is 7.80. The lowest BCUT2D eigenvalue weighted by atomic mass is 10.2. The third kappa shape index (κ3) is 3.19. The second-order valence-electron chi connectivity index (χ2n) is 5.26. The highest BCUT2D eigenvalue weighted by atomic mass is 32.1. The van der Waals surface area contributed by atoms with Crippen molar-refractivity contribution < 1.29 is 4.79 Å². The summed E-state index contributed by atoms with van der Waals surface area (Å²) in [6.45, 7) is 9.25. The molecule has 2 N–H and O–H groups in total. The number of thiocarbonyl (C=S) groups is 1. The van der Waals surface area contributed by atoms with E-state index in [4.69, 9.17) is 18.0 Å². The summed E-state index contributed by atoms with van der Waals surface area (Å²) in [4.78, 5) is 19.2. The van der Waals surface area contributed by atoms with E-state index in [-0.39, 0.29) is 11.9 Å². The Morgan fingerprint density at radius 1 is 1.35 bits per heavy atom. The molecule has 0 bridgehead atoms. The Balaban J connectivity index is 1.97. The van der Waals surface area contributed by atoms with Crippen LogP contribution in [0.2, 0.25) is 0 Å². The Morgan fingerprint density at radius 2 is 1.95 bits per heavy atom. The van der Waals surface area contributed by atoms with Crippen LogP contribution in [0.25, 0.3) is 0 Å². The van der Waals surface area contributed by atoms with Crippen molar-refractivity contribution in [3.05, 3.63) is 21.4 Å². The molecule has 6 heteroatoms. The van der Waals surface area contributed by atoms with Gasteiger partial charge in [-0.25, -0.2) is 0 Å². The Hall–Kier alpha value is -0.980. The van der Waals surface area contributed by atoms with Crippen molar-refractivity contribution in [3.63, 3.8) is 0 Å². The van der Waals surface area contributed by atoms with Gasteiger partial charge in [-0.1, -0.05) is 12.2 Å². The molecule has 2 rings (SSSR count). The number of piperazine rings is 1. The Morgan fingerprint density at radius 3 is 2.40 bits per heavy atom. The molecule has 0 saturated carbocycles. The Kier molecular flexibility index (Phi) is 4.78. The first-order chi connectivity index (χ1) is 9.40.